The van der Waals surface area contributed by atoms with Gasteiger partial charge in [0.2, 0.25) is 5.91 Å². The van der Waals surface area contributed by atoms with Crippen molar-refractivity contribution in [3.05, 3.63) is 35.4 Å². The van der Waals surface area contributed by atoms with Crippen molar-refractivity contribution in [2.45, 2.75) is 32.9 Å². The van der Waals surface area contributed by atoms with Gasteiger partial charge in [-0.25, -0.2) is 0 Å². The molecule has 6 nitrogen and oxygen atoms in total. The number of rotatable bonds is 5. The highest BCUT2D eigenvalue weighted by molar-refractivity contribution is 6.22. The van der Waals surface area contributed by atoms with Gasteiger partial charge in [0.05, 0.1) is 11.1 Å². The molecule has 0 aliphatic carbocycles. The monoisotopic (exact) mass is 303 g/mol. The fourth-order valence-corrected chi connectivity index (χ4v) is 2.57. The Morgan fingerprint density at radius 3 is 2.05 bits per heavy atom. The molecule has 1 unspecified atom stereocenters. The fraction of sp³-hybridized carbons (Fsp3) is 0.438. The quantitative estimate of drug-likeness (QED) is 0.786. The van der Waals surface area contributed by atoms with E-state index in [2.05, 4.69) is 5.32 Å². The van der Waals surface area contributed by atoms with Crippen molar-refractivity contribution < 1.29 is 14.4 Å². The first-order chi connectivity index (χ1) is 10.4. The number of nitrogens with zero attached hydrogens (tertiary/aromatic N) is 1. The van der Waals surface area contributed by atoms with E-state index >= 15 is 0 Å². The van der Waals surface area contributed by atoms with Crippen LogP contribution in [0.1, 0.15) is 41.5 Å². The number of hydrogen-bond donors (Lipinski definition) is 2. The van der Waals surface area contributed by atoms with Crippen LogP contribution in [0.3, 0.4) is 0 Å². The predicted molar refractivity (Wildman–Crippen MR) is 82.2 cm³/mol. The highest BCUT2D eigenvalue weighted by Gasteiger charge is 2.43. The van der Waals surface area contributed by atoms with Crippen LogP contribution >= 0.6 is 0 Å². The third-order valence-corrected chi connectivity index (χ3v) is 3.75. The number of carbonyl (C=O) groups excluding carboxylic acids is 3. The molecule has 1 heterocycles. The van der Waals surface area contributed by atoms with E-state index in [0.717, 1.165) is 4.90 Å². The van der Waals surface area contributed by atoms with Crippen LogP contribution in [0.25, 0.3) is 0 Å². The average molecular weight is 303 g/mol. The maximum absolute atomic E-state index is 12.5. The number of nitrogens with two attached hydrogens (primary N) is 1. The Bertz CT molecular complexity index is 577. The maximum Gasteiger partial charge on any atom is 0.262 e. The molecule has 0 bridgehead atoms. The molecular formula is C16H21N3O3. The van der Waals surface area contributed by atoms with E-state index in [1.165, 1.54) is 0 Å². The van der Waals surface area contributed by atoms with Gasteiger partial charge < -0.3 is 11.1 Å². The van der Waals surface area contributed by atoms with Gasteiger partial charge in [-0.1, -0.05) is 26.0 Å². The number of imide groups is 1. The van der Waals surface area contributed by atoms with Crippen LogP contribution in [0.4, 0.5) is 0 Å². The summed E-state index contributed by atoms with van der Waals surface area (Å²) >= 11 is 0. The summed E-state index contributed by atoms with van der Waals surface area (Å²) in [6.45, 7) is 5.68. The van der Waals surface area contributed by atoms with Crippen molar-refractivity contribution in [3.8, 4) is 0 Å². The van der Waals surface area contributed by atoms with Gasteiger partial charge in [-0.15, -0.1) is 0 Å². The van der Waals surface area contributed by atoms with Crippen LogP contribution in [0.2, 0.25) is 0 Å². The summed E-state index contributed by atoms with van der Waals surface area (Å²) < 4.78 is 0. The topological polar surface area (TPSA) is 92.5 Å². The summed E-state index contributed by atoms with van der Waals surface area (Å²) in [6, 6.07) is 5.55. The van der Waals surface area contributed by atoms with E-state index in [-0.39, 0.29) is 17.9 Å². The molecule has 1 aromatic rings. The molecule has 2 rings (SSSR count). The number of benzene rings is 1. The zero-order valence-corrected chi connectivity index (χ0v) is 13.0. The summed E-state index contributed by atoms with van der Waals surface area (Å²) in [5, 5.41) is 2.75. The van der Waals surface area contributed by atoms with Gasteiger partial charge in [-0.05, 0) is 25.0 Å². The van der Waals surface area contributed by atoms with E-state index in [1.54, 1.807) is 45.0 Å². The molecule has 0 spiro atoms. The summed E-state index contributed by atoms with van der Waals surface area (Å²) in [5.41, 5.74) is 6.20. The molecule has 0 aromatic heterocycles. The third kappa shape index (κ3) is 2.74. The van der Waals surface area contributed by atoms with Crippen molar-refractivity contribution in [2.24, 2.45) is 11.7 Å². The molecule has 0 fully saturated rings. The average Bonchev–Trinajstić information content (AvgIpc) is 2.73. The van der Waals surface area contributed by atoms with Crippen LogP contribution < -0.4 is 11.1 Å². The molecule has 3 N–H and O–H groups in total. The Morgan fingerprint density at radius 1 is 1.14 bits per heavy atom. The van der Waals surface area contributed by atoms with Crippen molar-refractivity contribution in [2.75, 3.05) is 6.54 Å². The van der Waals surface area contributed by atoms with Gasteiger partial charge in [0.25, 0.3) is 11.8 Å². The molecule has 6 heteroatoms. The standard InChI is InChI=1S/C16H21N3O3/c1-9(2)13(14(20)18-10(3)8-17)19-15(21)11-6-4-5-7-12(11)16(19)22/h4-7,9-10,13H,8,17H2,1-3H3,(H,18,20)/t10-,13?/m0/s1. The Labute approximate surface area is 129 Å². The second-order valence-electron chi connectivity index (χ2n) is 5.86. The smallest absolute Gasteiger partial charge is 0.262 e. The first kappa shape index (κ1) is 16.2. The lowest BCUT2D eigenvalue weighted by molar-refractivity contribution is -0.126. The van der Waals surface area contributed by atoms with E-state index in [0.29, 0.717) is 17.7 Å². The number of fused-ring (bicyclic) bond motifs is 1. The summed E-state index contributed by atoms with van der Waals surface area (Å²) in [5.74, 6) is -1.40. The molecular weight excluding hydrogens is 282 g/mol. The first-order valence-corrected chi connectivity index (χ1v) is 7.35. The molecule has 0 saturated carbocycles. The normalized spacial score (nSPS) is 16.7. The Hall–Kier alpha value is -2.21. The van der Waals surface area contributed by atoms with Gasteiger partial charge in [-0.2, -0.15) is 0 Å². The Morgan fingerprint density at radius 2 is 1.64 bits per heavy atom. The zero-order chi connectivity index (χ0) is 16.4. The highest BCUT2D eigenvalue weighted by atomic mass is 16.2. The molecule has 1 aromatic carbocycles. The van der Waals surface area contributed by atoms with Gasteiger partial charge in [-0.3, -0.25) is 19.3 Å². The highest BCUT2D eigenvalue weighted by Crippen LogP contribution is 2.27. The number of nitrogens with one attached hydrogen (secondary N) is 1. The minimum absolute atomic E-state index is 0.202. The number of amides is 3. The van der Waals surface area contributed by atoms with Gasteiger partial charge in [0.15, 0.2) is 0 Å². The van der Waals surface area contributed by atoms with Crippen molar-refractivity contribution in [3.63, 3.8) is 0 Å². The molecule has 1 aliphatic heterocycles. The zero-order valence-electron chi connectivity index (χ0n) is 13.0. The third-order valence-electron chi connectivity index (χ3n) is 3.75. The van der Waals surface area contributed by atoms with E-state index < -0.39 is 17.9 Å². The van der Waals surface area contributed by atoms with Crippen molar-refractivity contribution >= 4 is 17.7 Å². The van der Waals surface area contributed by atoms with Gasteiger partial charge in [0.1, 0.15) is 6.04 Å². The second kappa shape index (κ2) is 6.27. The number of hydrogen-bond acceptors (Lipinski definition) is 4. The Kier molecular flexibility index (Phi) is 4.61. The molecule has 2 atom stereocenters. The van der Waals surface area contributed by atoms with E-state index in [4.69, 9.17) is 5.73 Å². The van der Waals surface area contributed by atoms with Crippen molar-refractivity contribution in [1.82, 2.24) is 10.2 Å². The minimum Gasteiger partial charge on any atom is -0.351 e. The molecule has 22 heavy (non-hydrogen) atoms. The predicted octanol–water partition coefficient (Wildman–Crippen LogP) is 0.771. The second-order valence-corrected chi connectivity index (χ2v) is 5.86. The summed E-state index contributed by atoms with van der Waals surface area (Å²) in [6.07, 6.45) is 0. The lowest BCUT2D eigenvalue weighted by atomic mass is 10.0. The molecule has 118 valence electrons. The summed E-state index contributed by atoms with van der Waals surface area (Å²) in [7, 11) is 0. The maximum atomic E-state index is 12.5. The number of carbonyl (C=O) groups is 3. The molecule has 0 radical (unpaired) electrons. The van der Waals surface area contributed by atoms with Gasteiger partial charge >= 0.3 is 0 Å². The minimum atomic E-state index is -0.846. The van der Waals surface area contributed by atoms with E-state index in [9.17, 15) is 14.4 Å². The lowest BCUT2D eigenvalue weighted by Gasteiger charge is -2.29. The molecule has 1 aliphatic rings. The largest absolute Gasteiger partial charge is 0.351 e. The van der Waals surface area contributed by atoms with Crippen LogP contribution in [0, 0.1) is 5.92 Å². The van der Waals surface area contributed by atoms with Crippen LogP contribution in [0.5, 0.6) is 0 Å². The first-order valence-electron chi connectivity index (χ1n) is 7.35. The van der Waals surface area contributed by atoms with Crippen molar-refractivity contribution in [1.29, 1.82) is 0 Å². The van der Waals surface area contributed by atoms with E-state index in [1.807, 2.05) is 0 Å². The Balaban J connectivity index is 2.33. The fourth-order valence-electron chi connectivity index (χ4n) is 2.57. The van der Waals surface area contributed by atoms with Gasteiger partial charge in [0, 0.05) is 12.6 Å². The molecule has 0 saturated heterocycles. The summed E-state index contributed by atoms with van der Waals surface area (Å²) in [4.78, 5) is 38.6. The van der Waals surface area contributed by atoms with Crippen LogP contribution in [-0.4, -0.2) is 41.2 Å². The van der Waals surface area contributed by atoms with Crippen LogP contribution in [-0.2, 0) is 4.79 Å². The lowest BCUT2D eigenvalue weighted by Crippen LogP contribution is -2.54. The van der Waals surface area contributed by atoms with Crippen LogP contribution in [0.15, 0.2) is 24.3 Å². The SMILES string of the molecule is CC(C)C(C(=O)N[C@@H](C)CN)N1C(=O)c2ccccc2C1=O. The molecule has 3 amide bonds.